The lowest BCUT2D eigenvalue weighted by atomic mass is 10.1. The topological polar surface area (TPSA) is 99.3 Å². The van der Waals surface area contributed by atoms with Crippen molar-refractivity contribution in [1.29, 1.82) is 0 Å². The Morgan fingerprint density at radius 3 is 2.56 bits per heavy atom. The van der Waals surface area contributed by atoms with Crippen molar-refractivity contribution in [3.8, 4) is 11.4 Å². The summed E-state index contributed by atoms with van der Waals surface area (Å²) in [5, 5.41) is 5.92. The zero-order chi connectivity index (χ0) is 27.4. The molecule has 5 aromatic rings. The molecule has 2 amide bonds. The molecular formula is C30H27N5O4. The summed E-state index contributed by atoms with van der Waals surface area (Å²) in [4.78, 5) is 46.5. The molecule has 6 rings (SSSR count). The van der Waals surface area contributed by atoms with Crippen molar-refractivity contribution in [2.45, 2.75) is 33.3 Å². The van der Waals surface area contributed by atoms with Gasteiger partial charge in [0.15, 0.2) is 0 Å². The van der Waals surface area contributed by atoms with Crippen LogP contribution in [0, 0.1) is 6.92 Å². The van der Waals surface area contributed by atoms with Gasteiger partial charge in [0, 0.05) is 31.6 Å². The van der Waals surface area contributed by atoms with Crippen LogP contribution in [-0.2, 0) is 13.5 Å². The van der Waals surface area contributed by atoms with Gasteiger partial charge in [0.25, 0.3) is 17.4 Å². The minimum atomic E-state index is -0.410. The first-order valence-electron chi connectivity index (χ1n) is 12.8. The average molecular weight is 522 g/mol. The number of carbonyl (C=O) groups excluding carboxylic acids is 2. The minimum Gasteiger partial charge on any atom is -0.490 e. The van der Waals surface area contributed by atoms with Gasteiger partial charge in [-0.15, -0.1) is 0 Å². The molecule has 0 spiro atoms. The number of ether oxygens (including phenoxy) is 1. The lowest BCUT2D eigenvalue weighted by molar-refractivity contribution is 0.0654. The van der Waals surface area contributed by atoms with Crippen LogP contribution in [0.4, 0.5) is 0 Å². The van der Waals surface area contributed by atoms with Gasteiger partial charge in [0.05, 0.1) is 39.3 Å². The summed E-state index contributed by atoms with van der Waals surface area (Å²) in [7, 11) is 1.84. The first-order valence-corrected chi connectivity index (χ1v) is 12.8. The van der Waals surface area contributed by atoms with Gasteiger partial charge in [-0.3, -0.25) is 28.5 Å². The molecule has 2 aromatic heterocycles. The molecule has 3 heterocycles. The van der Waals surface area contributed by atoms with E-state index in [1.807, 2.05) is 64.3 Å². The predicted octanol–water partition coefficient (Wildman–Crippen LogP) is 4.21. The normalized spacial score (nSPS) is 13.2. The Labute approximate surface area is 224 Å². The van der Waals surface area contributed by atoms with Crippen molar-refractivity contribution < 1.29 is 14.3 Å². The molecule has 0 bridgehead atoms. The Balaban J connectivity index is 1.42. The molecule has 0 N–H and O–H groups in total. The lowest BCUT2D eigenvalue weighted by Gasteiger charge is -2.17. The number of carbonyl (C=O) groups is 2. The van der Waals surface area contributed by atoms with Crippen molar-refractivity contribution >= 4 is 33.6 Å². The second kappa shape index (κ2) is 9.20. The number of amides is 2. The molecule has 0 unspecified atom stereocenters. The largest absolute Gasteiger partial charge is 0.490 e. The van der Waals surface area contributed by atoms with Crippen LogP contribution >= 0.6 is 0 Å². The zero-order valence-corrected chi connectivity index (χ0v) is 22.1. The molecule has 0 fully saturated rings. The number of fused-ring (bicyclic) bond motifs is 3. The van der Waals surface area contributed by atoms with Gasteiger partial charge in [-0.05, 0) is 68.8 Å². The van der Waals surface area contributed by atoms with Gasteiger partial charge in [-0.1, -0.05) is 12.1 Å². The summed E-state index contributed by atoms with van der Waals surface area (Å²) in [5.74, 6) is 0.0446. The van der Waals surface area contributed by atoms with E-state index >= 15 is 0 Å². The Morgan fingerprint density at radius 2 is 1.77 bits per heavy atom. The summed E-state index contributed by atoms with van der Waals surface area (Å²) in [6.07, 6.45) is 1.94. The highest BCUT2D eigenvalue weighted by molar-refractivity contribution is 6.22. The Kier molecular flexibility index (Phi) is 5.79. The highest BCUT2D eigenvalue weighted by Gasteiger charge is 2.38. The highest BCUT2D eigenvalue weighted by Crippen LogP contribution is 2.32. The maximum Gasteiger partial charge on any atom is 0.265 e. The SMILES string of the molecule is Cc1ccc2c(=O)n(-c3ccc4cn(C)nc4c3)c(CCN3C(=O)c4cccc(OC(C)C)c4C3=O)nc2c1. The first-order chi connectivity index (χ1) is 18.7. The number of nitrogens with zero attached hydrogens (tertiary/aromatic N) is 5. The fourth-order valence-electron chi connectivity index (χ4n) is 5.11. The van der Waals surface area contributed by atoms with Crippen molar-refractivity contribution in [3.05, 3.63) is 93.7 Å². The van der Waals surface area contributed by atoms with Crippen LogP contribution in [0.25, 0.3) is 27.5 Å². The Hall–Kier alpha value is -4.79. The van der Waals surface area contributed by atoms with Gasteiger partial charge in [-0.25, -0.2) is 4.98 Å². The molecule has 3 aromatic carbocycles. The van der Waals surface area contributed by atoms with Gasteiger partial charge in [-0.2, -0.15) is 5.10 Å². The third-order valence-electron chi connectivity index (χ3n) is 6.84. The number of hydrogen-bond acceptors (Lipinski definition) is 6. The number of aryl methyl sites for hydroxylation is 2. The Morgan fingerprint density at radius 1 is 0.949 bits per heavy atom. The van der Waals surface area contributed by atoms with E-state index in [0.29, 0.717) is 33.7 Å². The van der Waals surface area contributed by atoms with E-state index < -0.39 is 5.91 Å². The number of rotatable bonds is 6. The van der Waals surface area contributed by atoms with Crippen LogP contribution in [0.5, 0.6) is 5.75 Å². The third kappa shape index (κ3) is 4.16. The minimum absolute atomic E-state index is 0.0586. The monoisotopic (exact) mass is 521 g/mol. The maximum atomic E-state index is 13.8. The standard InChI is InChI=1S/C30H27N5O4/c1-17(2)39-25-7-5-6-22-27(25)30(38)34(28(22)36)13-12-26-31-24-14-18(3)8-11-21(24)29(37)35(26)20-10-9-19-16-33(4)32-23(19)15-20/h5-11,14-17H,12-13H2,1-4H3. The second-order valence-corrected chi connectivity index (χ2v) is 10.1. The fraction of sp³-hybridized carbons (Fsp3) is 0.233. The van der Waals surface area contributed by atoms with E-state index in [1.165, 1.54) is 4.90 Å². The quantitative estimate of drug-likeness (QED) is 0.311. The van der Waals surface area contributed by atoms with Crippen LogP contribution in [0.1, 0.15) is 46.0 Å². The summed E-state index contributed by atoms with van der Waals surface area (Å²) in [5.41, 5.74) is 3.28. The van der Waals surface area contributed by atoms with E-state index in [-0.39, 0.29) is 36.1 Å². The molecule has 1 aliphatic heterocycles. The van der Waals surface area contributed by atoms with Crippen LogP contribution in [-0.4, -0.2) is 48.7 Å². The number of benzene rings is 3. The summed E-state index contributed by atoms with van der Waals surface area (Å²) >= 11 is 0. The van der Waals surface area contributed by atoms with Gasteiger partial charge >= 0.3 is 0 Å². The smallest absolute Gasteiger partial charge is 0.265 e. The van der Waals surface area contributed by atoms with E-state index in [2.05, 4.69) is 5.10 Å². The summed E-state index contributed by atoms with van der Waals surface area (Å²) in [6, 6.07) is 16.2. The molecule has 0 radical (unpaired) electrons. The molecule has 0 saturated carbocycles. The predicted molar refractivity (Wildman–Crippen MR) is 148 cm³/mol. The molecule has 196 valence electrons. The number of hydrogen-bond donors (Lipinski definition) is 0. The maximum absolute atomic E-state index is 13.8. The van der Waals surface area contributed by atoms with Crippen LogP contribution < -0.4 is 10.3 Å². The number of aromatic nitrogens is 4. The molecule has 1 aliphatic rings. The average Bonchev–Trinajstić information content (AvgIpc) is 3.38. The van der Waals surface area contributed by atoms with Gasteiger partial charge < -0.3 is 4.74 Å². The Bertz CT molecular complexity index is 1870. The van der Waals surface area contributed by atoms with Gasteiger partial charge in [0.2, 0.25) is 0 Å². The zero-order valence-electron chi connectivity index (χ0n) is 22.1. The van der Waals surface area contributed by atoms with Gasteiger partial charge in [0.1, 0.15) is 11.6 Å². The number of imide groups is 1. The molecule has 0 aliphatic carbocycles. The lowest BCUT2D eigenvalue weighted by Crippen LogP contribution is -2.33. The third-order valence-corrected chi connectivity index (χ3v) is 6.84. The van der Waals surface area contributed by atoms with Crippen LogP contribution in [0.2, 0.25) is 0 Å². The summed E-state index contributed by atoms with van der Waals surface area (Å²) < 4.78 is 9.08. The molecule has 39 heavy (non-hydrogen) atoms. The van der Waals surface area contributed by atoms with E-state index in [1.54, 1.807) is 33.5 Å². The second-order valence-electron chi connectivity index (χ2n) is 10.1. The van der Waals surface area contributed by atoms with E-state index in [4.69, 9.17) is 9.72 Å². The highest BCUT2D eigenvalue weighted by atomic mass is 16.5. The van der Waals surface area contributed by atoms with E-state index in [9.17, 15) is 14.4 Å². The molecular weight excluding hydrogens is 494 g/mol. The van der Waals surface area contributed by atoms with Crippen molar-refractivity contribution in [2.24, 2.45) is 7.05 Å². The van der Waals surface area contributed by atoms with E-state index in [0.717, 1.165) is 16.5 Å². The fourth-order valence-corrected chi connectivity index (χ4v) is 5.11. The summed E-state index contributed by atoms with van der Waals surface area (Å²) in [6.45, 7) is 5.74. The van der Waals surface area contributed by atoms with Crippen LogP contribution in [0.3, 0.4) is 0 Å². The molecule has 0 saturated heterocycles. The van der Waals surface area contributed by atoms with Crippen molar-refractivity contribution in [2.75, 3.05) is 6.54 Å². The molecule has 0 atom stereocenters. The van der Waals surface area contributed by atoms with Crippen molar-refractivity contribution in [1.82, 2.24) is 24.2 Å². The molecule has 9 heteroatoms. The van der Waals surface area contributed by atoms with Crippen LogP contribution in [0.15, 0.2) is 65.6 Å². The molecule has 9 nitrogen and oxygen atoms in total. The first kappa shape index (κ1) is 24.5. The van der Waals surface area contributed by atoms with Crippen molar-refractivity contribution in [3.63, 3.8) is 0 Å².